The van der Waals surface area contributed by atoms with E-state index >= 15 is 0 Å². The number of nitrogens with one attached hydrogen (secondary N) is 1. The van der Waals surface area contributed by atoms with Gasteiger partial charge in [-0.3, -0.25) is 4.79 Å². The Balaban J connectivity index is 1.49. The normalized spacial score (nSPS) is 11.6. The first-order valence-corrected chi connectivity index (χ1v) is 9.27. The van der Waals surface area contributed by atoms with E-state index in [2.05, 4.69) is 25.5 Å². The summed E-state index contributed by atoms with van der Waals surface area (Å²) in [4.78, 5) is 21.8. The number of oxazole rings is 2. The third-order valence-electron chi connectivity index (χ3n) is 4.29. The van der Waals surface area contributed by atoms with Gasteiger partial charge in [-0.1, -0.05) is 23.8 Å². The molecule has 0 bridgehead atoms. The van der Waals surface area contributed by atoms with E-state index in [1.807, 2.05) is 31.2 Å². The fraction of sp³-hybridized carbons (Fsp3) is 0.250. The Kier molecular flexibility index (Phi) is 5.09. The molecule has 4 rings (SSSR count). The first-order chi connectivity index (χ1) is 14.7. The Hall–Kier alpha value is -3.89. The number of aromatic nitrogens is 5. The smallest absolute Gasteiger partial charge is 0.290 e. The van der Waals surface area contributed by atoms with Gasteiger partial charge in [-0.15, -0.1) is 5.10 Å². The molecule has 0 spiro atoms. The van der Waals surface area contributed by atoms with Crippen molar-refractivity contribution < 1.29 is 22.4 Å². The summed E-state index contributed by atoms with van der Waals surface area (Å²) in [5, 5.41) is 10.7. The molecule has 0 unspecified atom stereocenters. The largest absolute Gasteiger partial charge is 0.446 e. The van der Waals surface area contributed by atoms with Gasteiger partial charge in [0.1, 0.15) is 18.5 Å². The van der Waals surface area contributed by atoms with E-state index in [4.69, 9.17) is 8.83 Å². The average Bonchev–Trinajstić information content (AvgIpc) is 3.42. The van der Waals surface area contributed by atoms with E-state index in [9.17, 15) is 13.6 Å². The minimum absolute atomic E-state index is 0.0128. The molecule has 4 aromatic rings. The van der Waals surface area contributed by atoms with Crippen LogP contribution in [-0.2, 0) is 12.5 Å². The van der Waals surface area contributed by atoms with Crippen LogP contribution in [0.3, 0.4) is 0 Å². The molecule has 3 heterocycles. The van der Waals surface area contributed by atoms with E-state index in [0.29, 0.717) is 11.7 Å². The number of hydrogen-bond donors (Lipinski definition) is 1. The number of rotatable bonds is 6. The minimum atomic E-state index is -3.11. The van der Waals surface area contributed by atoms with Crippen LogP contribution in [-0.4, -0.2) is 30.9 Å². The lowest BCUT2D eigenvalue weighted by Crippen LogP contribution is -2.14. The summed E-state index contributed by atoms with van der Waals surface area (Å²) < 4.78 is 37.2. The molecule has 3 aromatic heterocycles. The molecule has 160 valence electrons. The van der Waals surface area contributed by atoms with Gasteiger partial charge in [-0.25, -0.2) is 9.97 Å². The predicted octanol–water partition coefficient (Wildman–Crippen LogP) is 3.95. The Morgan fingerprint density at radius 3 is 2.77 bits per heavy atom. The van der Waals surface area contributed by atoms with Crippen molar-refractivity contribution in [2.24, 2.45) is 0 Å². The summed E-state index contributed by atoms with van der Waals surface area (Å²) in [7, 11) is 0. The average molecular weight is 428 g/mol. The fourth-order valence-electron chi connectivity index (χ4n) is 2.88. The van der Waals surface area contributed by atoms with E-state index in [1.54, 1.807) is 6.92 Å². The molecule has 1 N–H and O–H groups in total. The molecule has 0 saturated carbocycles. The Labute approximate surface area is 175 Å². The van der Waals surface area contributed by atoms with Crippen LogP contribution in [0.5, 0.6) is 0 Å². The number of anilines is 1. The van der Waals surface area contributed by atoms with Crippen molar-refractivity contribution in [2.75, 3.05) is 5.32 Å². The van der Waals surface area contributed by atoms with E-state index in [-0.39, 0.29) is 23.9 Å². The molecule has 0 radical (unpaired) electrons. The van der Waals surface area contributed by atoms with Gasteiger partial charge >= 0.3 is 0 Å². The minimum Gasteiger partial charge on any atom is -0.446 e. The number of nitrogens with zero attached hydrogens (tertiary/aromatic N) is 5. The van der Waals surface area contributed by atoms with Crippen LogP contribution in [0.15, 0.2) is 45.6 Å². The second-order valence-electron chi connectivity index (χ2n) is 7.01. The number of carbonyl (C=O) groups excluding carboxylic acids is 1. The Morgan fingerprint density at radius 1 is 1.26 bits per heavy atom. The Morgan fingerprint density at radius 2 is 2.06 bits per heavy atom. The molecule has 9 nitrogen and oxygen atoms in total. The van der Waals surface area contributed by atoms with Gasteiger partial charge in [0.05, 0.1) is 6.20 Å². The fourth-order valence-corrected chi connectivity index (χ4v) is 2.88. The number of alkyl halides is 2. The van der Waals surface area contributed by atoms with E-state index in [0.717, 1.165) is 29.1 Å². The van der Waals surface area contributed by atoms with Crippen LogP contribution in [0.4, 0.5) is 14.6 Å². The molecule has 0 atom stereocenters. The maximum atomic E-state index is 13.3. The van der Waals surface area contributed by atoms with Gasteiger partial charge in [-0.05, 0) is 13.0 Å². The molecule has 1 amide bonds. The van der Waals surface area contributed by atoms with Gasteiger partial charge in [0.25, 0.3) is 11.8 Å². The van der Waals surface area contributed by atoms with Crippen LogP contribution in [0, 0.1) is 13.8 Å². The topological polar surface area (TPSA) is 112 Å². The second kappa shape index (κ2) is 7.74. The number of halogens is 2. The number of hydrogen-bond acceptors (Lipinski definition) is 7. The monoisotopic (exact) mass is 428 g/mol. The van der Waals surface area contributed by atoms with Crippen molar-refractivity contribution in [1.29, 1.82) is 0 Å². The zero-order valence-electron chi connectivity index (χ0n) is 16.9. The standard InChI is InChI=1S/C20H18F2N6O3/c1-11-5-4-6-13(7-11)18-17(24-12(2)31-18)19(29)26-15-8-23-28(27-15)9-16-25-14(10-30-16)20(3,21)22/h4-8,10H,9H2,1-3H3,(H,26,27,29). The highest BCUT2D eigenvalue weighted by atomic mass is 19.3. The third kappa shape index (κ3) is 4.49. The molecule has 0 aliphatic carbocycles. The molecule has 0 aliphatic rings. The lowest BCUT2D eigenvalue weighted by atomic mass is 10.1. The van der Waals surface area contributed by atoms with Gasteiger partial charge in [0.15, 0.2) is 23.2 Å². The molecule has 1 aromatic carbocycles. The molecular formula is C20H18F2N6O3. The van der Waals surface area contributed by atoms with Crippen LogP contribution < -0.4 is 5.32 Å². The second-order valence-corrected chi connectivity index (χ2v) is 7.01. The molecular weight excluding hydrogens is 410 g/mol. The SMILES string of the molecule is Cc1cccc(-c2oc(C)nc2C(=O)Nc2cnn(Cc3nc(C(C)(F)F)co3)n2)c1. The Bertz CT molecular complexity index is 1240. The number of amides is 1. The third-order valence-corrected chi connectivity index (χ3v) is 4.29. The van der Waals surface area contributed by atoms with Crippen LogP contribution >= 0.6 is 0 Å². The van der Waals surface area contributed by atoms with Crippen LogP contribution in [0.2, 0.25) is 0 Å². The molecule has 11 heteroatoms. The van der Waals surface area contributed by atoms with Crippen molar-refractivity contribution in [3.05, 3.63) is 65.5 Å². The van der Waals surface area contributed by atoms with Gasteiger partial charge in [0, 0.05) is 19.4 Å². The van der Waals surface area contributed by atoms with Crippen LogP contribution in [0.25, 0.3) is 11.3 Å². The summed E-state index contributed by atoms with van der Waals surface area (Å²) >= 11 is 0. The van der Waals surface area contributed by atoms with Crippen molar-refractivity contribution in [3.8, 4) is 11.3 Å². The van der Waals surface area contributed by atoms with E-state index < -0.39 is 17.5 Å². The molecule has 0 fully saturated rings. The summed E-state index contributed by atoms with van der Waals surface area (Å²) in [5.41, 5.74) is 1.37. The molecule has 31 heavy (non-hydrogen) atoms. The number of carbonyl (C=O) groups is 1. The summed E-state index contributed by atoms with van der Waals surface area (Å²) in [6.07, 6.45) is 2.21. The summed E-state index contributed by atoms with van der Waals surface area (Å²) in [6, 6.07) is 7.50. The quantitative estimate of drug-likeness (QED) is 0.495. The van der Waals surface area contributed by atoms with Crippen molar-refractivity contribution in [2.45, 2.75) is 33.2 Å². The van der Waals surface area contributed by atoms with Gasteiger partial charge in [-0.2, -0.15) is 18.7 Å². The van der Waals surface area contributed by atoms with Crippen LogP contribution in [0.1, 0.15) is 40.5 Å². The van der Waals surface area contributed by atoms with Crippen molar-refractivity contribution in [3.63, 3.8) is 0 Å². The summed E-state index contributed by atoms with van der Waals surface area (Å²) in [5.74, 6) is -2.78. The van der Waals surface area contributed by atoms with Gasteiger partial charge in [0.2, 0.25) is 5.89 Å². The maximum Gasteiger partial charge on any atom is 0.290 e. The highest BCUT2D eigenvalue weighted by Gasteiger charge is 2.29. The predicted molar refractivity (Wildman–Crippen MR) is 105 cm³/mol. The highest BCUT2D eigenvalue weighted by Crippen LogP contribution is 2.27. The van der Waals surface area contributed by atoms with Crippen molar-refractivity contribution >= 4 is 11.7 Å². The highest BCUT2D eigenvalue weighted by molar-refractivity contribution is 6.05. The maximum absolute atomic E-state index is 13.3. The lowest BCUT2D eigenvalue weighted by Gasteiger charge is -2.03. The first kappa shape index (κ1) is 20.4. The zero-order chi connectivity index (χ0) is 22.2. The zero-order valence-corrected chi connectivity index (χ0v) is 16.9. The number of aryl methyl sites for hydroxylation is 2. The molecule has 0 aliphatic heterocycles. The van der Waals surface area contributed by atoms with E-state index in [1.165, 1.54) is 6.20 Å². The van der Waals surface area contributed by atoms with Gasteiger partial charge < -0.3 is 14.2 Å². The van der Waals surface area contributed by atoms with Crippen molar-refractivity contribution in [1.82, 2.24) is 25.0 Å². The molecule has 0 saturated heterocycles. The first-order valence-electron chi connectivity index (χ1n) is 9.27. The summed E-state index contributed by atoms with van der Waals surface area (Å²) in [6.45, 7) is 4.23. The lowest BCUT2D eigenvalue weighted by molar-refractivity contribution is 0.0126. The number of benzene rings is 1.